The average Bonchev–Trinajstić information content (AvgIpc) is 3.05. The number of ether oxygens (including phenoxy) is 1. The molecule has 0 radical (unpaired) electrons. The van der Waals surface area contributed by atoms with Gasteiger partial charge in [-0.05, 0) is 112 Å². The van der Waals surface area contributed by atoms with Gasteiger partial charge in [0.05, 0.1) is 11.7 Å². The fourth-order valence-corrected chi connectivity index (χ4v) is 9.64. The third-order valence-electron chi connectivity index (χ3n) is 11.1. The van der Waals surface area contributed by atoms with Gasteiger partial charge in [0.2, 0.25) is 0 Å². The molecule has 4 saturated carbocycles. The van der Waals surface area contributed by atoms with Crippen LogP contribution in [0.25, 0.3) is 0 Å². The van der Waals surface area contributed by atoms with Crippen LogP contribution in [0.5, 0.6) is 0 Å². The molecule has 9 atom stereocenters. The van der Waals surface area contributed by atoms with E-state index in [1.807, 2.05) is 0 Å². The summed E-state index contributed by atoms with van der Waals surface area (Å²) in [5.74, 6) is 5.52. The average molecular weight is 459 g/mol. The SMILES string of the molecule is CC(C)CCC[C@@H](C)[C@H]1CC[C@H]2[C@@H]3CC(=O)C4C[C@@H](OC(C)(C)C)CC[C@]4(C)[C@H]3CC[C@]12C. The Morgan fingerprint density at radius 1 is 0.939 bits per heavy atom. The molecular formula is C31H54O2. The summed E-state index contributed by atoms with van der Waals surface area (Å²) in [5.41, 5.74) is 0.560. The maximum Gasteiger partial charge on any atom is 0.136 e. The van der Waals surface area contributed by atoms with Crippen LogP contribution in [0.1, 0.15) is 126 Å². The molecule has 0 bridgehead atoms. The standard InChI is InChI=1S/C31H54O2/c1-20(2)10-9-11-21(3)24-12-13-25-23-19-28(32)27-18-22(33-29(4,5)6)14-16-31(27,8)26(23)15-17-30(24,25)7/h20-27H,9-19H2,1-8H3/t21-,22+,23+,24-,25+,26+,27?,30-,31-/m1/s1. The van der Waals surface area contributed by atoms with Gasteiger partial charge in [-0.25, -0.2) is 0 Å². The lowest BCUT2D eigenvalue weighted by Gasteiger charge is -2.60. The van der Waals surface area contributed by atoms with Crippen LogP contribution in [-0.4, -0.2) is 17.5 Å². The number of hydrogen-bond donors (Lipinski definition) is 0. The smallest absolute Gasteiger partial charge is 0.136 e. The van der Waals surface area contributed by atoms with Crippen LogP contribution in [-0.2, 0) is 9.53 Å². The molecule has 0 heterocycles. The molecule has 2 heteroatoms. The van der Waals surface area contributed by atoms with Crippen molar-refractivity contribution in [1.29, 1.82) is 0 Å². The van der Waals surface area contributed by atoms with E-state index < -0.39 is 0 Å². The van der Waals surface area contributed by atoms with E-state index in [0.717, 1.165) is 48.9 Å². The van der Waals surface area contributed by atoms with Gasteiger partial charge in [0.15, 0.2) is 0 Å². The molecule has 0 saturated heterocycles. The molecule has 0 aromatic rings. The first-order valence-electron chi connectivity index (χ1n) is 14.6. The van der Waals surface area contributed by atoms with E-state index in [2.05, 4.69) is 55.4 Å². The minimum absolute atomic E-state index is 0.115. The zero-order valence-corrected chi connectivity index (χ0v) is 23.2. The first-order chi connectivity index (χ1) is 15.3. The van der Waals surface area contributed by atoms with Crippen LogP contribution >= 0.6 is 0 Å². The first-order valence-corrected chi connectivity index (χ1v) is 14.6. The predicted molar refractivity (Wildman–Crippen MR) is 138 cm³/mol. The van der Waals surface area contributed by atoms with Gasteiger partial charge >= 0.3 is 0 Å². The van der Waals surface area contributed by atoms with E-state index in [-0.39, 0.29) is 23.0 Å². The third-order valence-corrected chi connectivity index (χ3v) is 11.1. The van der Waals surface area contributed by atoms with Crippen molar-refractivity contribution in [2.45, 2.75) is 138 Å². The summed E-state index contributed by atoms with van der Waals surface area (Å²) in [4.78, 5) is 13.7. The maximum atomic E-state index is 13.7. The van der Waals surface area contributed by atoms with Crippen molar-refractivity contribution >= 4 is 5.78 Å². The van der Waals surface area contributed by atoms with Crippen molar-refractivity contribution in [3.63, 3.8) is 0 Å². The number of carbonyl (C=O) groups is 1. The number of fused-ring (bicyclic) bond motifs is 5. The van der Waals surface area contributed by atoms with E-state index in [4.69, 9.17) is 4.74 Å². The fourth-order valence-electron chi connectivity index (χ4n) is 9.64. The second kappa shape index (κ2) is 9.25. The molecule has 0 aromatic carbocycles. The Bertz CT molecular complexity index is 704. The zero-order valence-electron chi connectivity index (χ0n) is 23.2. The van der Waals surface area contributed by atoms with Gasteiger partial charge in [-0.1, -0.05) is 53.9 Å². The van der Waals surface area contributed by atoms with Gasteiger partial charge in [0.1, 0.15) is 5.78 Å². The van der Waals surface area contributed by atoms with Crippen LogP contribution < -0.4 is 0 Å². The Hall–Kier alpha value is -0.370. The molecule has 0 N–H and O–H groups in total. The topological polar surface area (TPSA) is 26.3 Å². The van der Waals surface area contributed by atoms with E-state index in [1.54, 1.807) is 0 Å². The zero-order chi connectivity index (χ0) is 24.2. The minimum Gasteiger partial charge on any atom is -0.373 e. The first kappa shape index (κ1) is 25.7. The van der Waals surface area contributed by atoms with Gasteiger partial charge in [-0.3, -0.25) is 4.79 Å². The summed E-state index contributed by atoms with van der Waals surface area (Å²) in [7, 11) is 0. The van der Waals surface area contributed by atoms with E-state index >= 15 is 0 Å². The summed E-state index contributed by atoms with van der Waals surface area (Å²) in [5, 5.41) is 0. The van der Waals surface area contributed by atoms with Crippen molar-refractivity contribution in [3.05, 3.63) is 0 Å². The van der Waals surface area contributed by atoms with Gasteiger partial charge in [0.25, 0.3) is 0 Å². The Morgan fingerprint density at radius 3 is 2.27 bits per heavy atom. The maximum absolute atomic E-state index is 13.7. The molecule has 190 valence electrons. The van der Waals surface area contributed by atoms with E-state index in [0.29, 0.717) is 17.1 Å². The lowest BCUT2D eigenvalue weighted by molar-refractivity contribution is -0.170. The van der Waals surface area contributed by atoms with Gasteiger partial charge in [0, 0.05) is 12.3 Å². The molecule has 0 amide bonds. The molecular weight excluding hydrogens is 404 g/mol. The molecule has 0 spiro atoms. The molecule has 2 nitrogen and oxygen atoms in total. The molecule has 4 aliphatic rings. The minimum atomic E-state index is -0.115. The Labute approximate surface area is 205 Å². The number of hydrogen-bond acceptors (Lipinski definition) is 2. The molecule has 4 rings (SSSR count). The van der Waals surface area contributed by atoms with Crippen LogP contribution in [0.3, 0.4) is 0 Å². The Balaban J connectivity index is 1.47. The van der Waals surface area contributed by atoms with Crippen molar-refractivity contribution < 1.29 is 9.53 Å². The van der Waals surface area contributed by atoms with Crippen molar-refractivity contribution in [2.24, 2.45) is 52.3 Å². The van der Waals surface area contributed by atoms with Gasteiger partial charge in [-0.15, -0.1) is 0 Å². The summed E-state index contributed by atoms with van der Waals surface area (Å²) in [6.07, 6.45) is 14.1. The highest BCUT2D eigenvalue weighted by Gasteiger charge is 2.62. The van der Waals surface area contributed by atoms with E-state index in [9.17, 15) is 4.79 Å². The Kier molecular flexibility index (Phi) is 7.21. The van der Waals surface area contributed by atoms with Crippen molar-refractivity contribution in [2.75, 3.05) is 0 Å². The Morgan fingerprint density at radius 2 is 1.61 bits per heavy atom. The monoisotopic (exact) mass is 458 g/mol. The number of Topliss-reactive ketones (excluding diaryl/α,β-unsaturated/α-hetero) is 1. The van der Waals surface area contributed by atoms with E-state index in [1.165, 1.54) is 51.4 Å². The van der Waals surface area contributed by atoms with Crippen LogP contribution in [0.15, 0.2) is 0 Å². The number of ketones is 1. The lowest BCUT2D eigenvalue weighted by atomic mass is 9.44. The highest BCUT2D eigenvalue weighted by Crippen LogP contribution is 2.68. The highest BCUT2D eigenvalue weighted by molar-refractivity contribution is 5.83. The van der Waals surface area contributed by atoms with Crippen molar-refractivity contribution in [1.82, 2.24) is 0 Å². The summed E-state index contributed by atoms with van der Waals surface area (Å²) < 4.78 is 6.38. The molecule has 0 aromatic heterocycles. The lowest BCUT2D eigenvalue weighted by Crippen LogP contribution is -2.57. The third kappa shape index (κ3) is 4.85. The molecule has 33 heavy (non-hydrogen) atoms. The largest absolute Gasteiger partial charge is 0.373 e. The van der Waals surface area contributed by atoms with Gasteiger partial charge in [-0.2, -0.15) is 0 Å². The van der Waals surface area contributed by atoms with Gasteiger partial charge < -0.3 is 4.74 Å². The summed E-state index contributed by atoms with van der Waals surface area (Å²) in [6, 6.07) is 0. The fraction of sp³-hybridized carbons (Fsp3) is 0.968. The molecule has 4 fully saturated rings. The molecule has 1 unspecified atom stereocenters. The van der Waals surface area contributed by atoms with Crippen LogP contribution in [0, 0.1) is 52.3 Å². The normalized spacial score (nSPS) is 44.3. The quantitative estimate of drug-likeness (QED) is 0.399. The predicted octanol–water partition coefficient (Wildman–Crippen LogP) is 8.47. The molecule has 4 aliphatic carbocycles. The summed E-state index contributed by atoms with van der Waals surface area (Å²) >= 11 is 0. The number of rotatable bonds is 6. The molecule has 0 aliphatic heterocycles. The second-order valence-electron chi connectivity index (χ2n) is 14.8. The second-order valence-corrected chi connectivity index (χ2v) is 14.8. The van der Waals surface area contributed by atoms with Crippen LogP contribution in [0.4, 0.5) is 0 Å². The van der Waals surface area contributed by atoms with Crippen LogP contribution in [0.2, 0.25) is 0 Å². The highest BCUT2D eigenvalue weighted by atomic mass is 16.5. The summed E-state index contributed by atoms with van der Waals surface area (Å²) in [6.45, 7) is 18.9. The van der Waals surface area contributed by atoms with Crippen molar-refractivity contribution in [3.8, 4) is 0 Å². The number of carbonyl (C=O) groups excluding carboxylic acids is 1.